The third-order valence-electron chi connectivity index (χ3n) is 9.70. The van der Waals surface area contributed by atoms with Gasteiger partial charge in [0.2, 0.25) is 0 Å². The summed E-state index contributed by atoms with van der Waals surface area (Å²) in [7, 11) is 0. The Morgan fingerprint density at radius 2 is 1.47 bits per heavy atom. The summed E-state index contributed by atoms with van der Waals surface area (Å²) in [4.78, 5) is 0. The van der Waals surface area contributed by atoms with Gasteiger partial charge in [0.25, 0.3) is 0 Å². The topological polar surface area (TPSA) is 87.9 Å². The molecule has 6 N–H and O–H groups in total. The highest BCUT2D eigenvalue weighted by molar-refractivity contribution is 5.73. The lowest BCUT2D eigenvalue weighted by atomic mass is 9.50. The molecular weight excluding hydrogens is 392 g/mol. The zero-order chi connectivity index (χ0) is 23.2. The molecule has 0 spiro atoms. The van der Waals surface area contributed by atoms with E-state index in [-0.39, 0.29) is 13.3 Å². The Kier molecular flexibility index (Phi) is 11.7. The van der Waals surface area contributed by atoms with Crippen molar-refractivity contribution < 1.29 is 0 Å². The van der Waals surface area contributed by atoms with E-state index in [2.05, 4.69) is 26.2 Å². The molecule has 190 valence electrons. The van der Waals surface area contributed by atoms with Gasteiger partial charge >= 0.3 is 0 Å². The van der Waals surface area contributed by atoms with Crippen LogP contribution < -0.4 is 17.0 Å². The average Bonchev–Trinajstić information content (AvgIpc) is 2.97. The number of amidine groups is 1. The summed E-state index contributed by atoms with van der Waals surface area (Å²) >= 11 is 0. The van der Waals surface area contributed by atoms with Gasteiger partial charge in [-0.25, -0.2) is 0 Å². The second-order valence-electron chi connectivity index (χ2n) is 11.9. The summed E-state index contributed by atoms with van der Waals surface area (Å²) in [6, 6.07) is 0. The van der Waals surface area contributed by atoms with E-state index in [0.717, 1.165) is 42.1 Å². The first-order chi connectivity index (χ1) is 14.7. The second kappa shape index (κ2) is 12.7. The van der Waals surface area contributed by atoms with Gasteiger partial charge in [0.15, 0.2) is 0 Å². The van der Waals surface area contributed by atoms with Crippen LogP contribution in [0.3, 0.4) is 0 Å². The smallest absolute Gasteiger partial charge is 0.0873 e. The minimum atomic E-state index is 0. The standard InChI is InChI=1S/C23H42N2.C2H6N2.C2H6.CH4/c1-22(2)12-8-16-4-6-20-19(18(16)9-13-22)10-14-23(3)17(11-15-25-24)5-7-21(20)23;1-2(3)4;1-2;/h16-21,25H,4-15,24H2,1-3H3;1H3,(H3,3,4);1-2H3;1H4. The fraction of sp³-hybridized carbons (Fsp3) is 0.964. The third kappa shape index (κ3) is 6.72. The van der Waals surface area contributed by atoms with E-state index in [0.29, 0.717) is 10.8 Å². The van der Waals surface area contributed by atoms with Crippen LogP contribution in [0.1, 0.15) is 120 Å². The monoisotopic (exact) mass is 450 g/mol. The molecule has 4 nitrogen and oxygen atoms in total. The van der Waals surface area contributed by atoms with E-state index in [4.69, 9.17) is 17.0 Å². The summed E-state index contributed by atoms with van der Waals surface area (Å²) < 4.78 is 0. The number of fused-ring (bicyclic) bond motifs is 5. The summed E-state index contributed by atoms with van der Waals surface area (Å²) in [5, 5.41) is 6.28. The predicted molar refractivity (Wildman–Crippen MR) is 141 cm³/mol. The molecule has 0 aromatic rings. The van der Waals surface area contributed by atoms with Crippen LogP contribution >= 0.6 is 0 Å². The molecule has 0 bridgehead atoms. The molecule has 7 unspecified atom stereocenters. The number of nitrogens with one attached hydrogen (secondary N) is 2. The maximum Gasteiger partial charge on any atom is 0.0873 e. The van der Waals surface area contributed by atoms with Gasteiger partial charge in [0.1, 0.15) is 0 Å². The van der Waals surface area contributed by atoms with Crippen molar-refractivity contribution in [3.8, 4) is 0 Å². The van der Waals surface area contributed by atoms with Crippen LogP contribution in [0, 0.1) is 51.7 Å². The highest BCUT2D eigenvalue weighted by Crippen LogP contribution is 2.64. The first-order valence-corrected chi connectivity index (χ1v) is 13.4. The molecule has 4 aliphatic rings. The quantitative estimate of drug-likeness (QED) is 0.160. The van der Waals surface area contributed by atoms with Crippen LogP contribution in [-0.2, 0) is 0 Å². The van der Waals surface area contributed by atoms with Crippen molar-refractivity contribution in [2.75, 3.05) is 6.54 Å². The van der Waals surface area contributed by atoms with Crippen LogP contribution in [0.25, 0.3) is 0 Å². The van der Waals surface area contributed by atoms with Crippen molar-refractivity contribution in [2.24, 2.45) is 57.9 Å². The molecular formula is C28H58N4. The highest BCUT2D eigenvalue weighted by atomic mass is 15.2. The molecule has 4 aliphatic carbocycles. The molecule has 32 heavy (non-hydrogen) atoms. The Labute approximate surface area is 200 Å². The largest absolute Gasteiger partial charge is 0.388 e. The molecule has 4 heteroatoms. The lowest BCUT2D eigenvalue weighted by Crippen LogP contribution is -2.47. The van der Waals surface area contributed by atoms with Crippen LogP contribution in [0.5, 0.6) is 0 Å². The minimum Gasteiger partial charge on any atom is -0.388 e. The molecule has 0 saturated heterocycles. The number of nitrogens with two attached hydrogens (primary N) is 2. The van der Waals surface area contributed by atoms with Gasteiger partial charge < -0.3 is 5.73 Å². The van der Waals surface area contributed by atoms with Gasteiger partial charge in [-0.3, -0.25) is 16.7 Å². The molecule has 4 saturated carbocycles. The average molecular weight is 451 g/mol. The maximum absolute atomic E-state index is 6.28. The molecule has 0 aromatic carbocycles. The van der Waals surface area contributed by atoms with Crippen molar-refractivity contribution in [2.45, 2.75) is 120 Å². The normalized spacial score (nSPS) is 39.2. The number of hydrogen-bond donors (Lipinski definition) is 4. The van der Waals surface area contributed by atoms with Gasteiger partial charge in [-0.15, -0.1) is 0 Å². The lowest BCUT2D eigenvalue weighted by molar-refractivity contribution is -0.0542. The Hall–Kier alpha value is -0.610. The van der Waals surface area contributed by atoms with E-state index in [1.165, 1.54) is 64.7 Å². The maximum atomic E-state index is 6.28. The molecule has 0 radical (unpaired) electrons. The number of hydrogen-bond acceptors (Lipinski definition) is 3. The van der Waals surface area contributed by atoms with E-state index >= 15 is 0 Å². The van der Waals surface area contributed by atoms with E-state index in [9.17, 15) is 0 Å². The Morgan fingerprint density at radius 3 is 2.09 bits per heavy atom. The zero-order valence-corrected chi connectivity index (χ0v) is 21.6. The summed E-state index contributed by atoms with van der Waals surface area (Å²) in [6.45, 7) is 14.2. The highest BCUT2D eigenvalue weighted by Gasteiger charge is 2.56. The van der Waals surface area contributed by atoms with Crippen molar-refractivity contribution in [1.29, 1.82) is 5.41 Å². The summed E-state index contributed by atoms with van der Waals surface area (Å²) in [5.74, 6) is 11.9. The van der Waals surface area contributed by atoms with Crippen LogP contribution in [0.4, 0.5) is 0 Å². The van der Waals surface area contributed by atoms with E-state index in [1.807, 2.05) is 13.8 Å². The van der Waals surface area contributed by atoms with E-state index in [1.54, 1.807) is 12.8 Å². The summed E-state index contributed by atoms with van der Waals surface area (Å²) in [6.07, 6.45) is 16.4. The molecule has 0 aromatic heterocycles. The second-order valence-corrected chi connectivity index (χ2v) is 11.9. The van der Waals surface area contributed by atoms with Crippen molar-refractivity contribution >= 4 is 5.84 Å². The Morgan fingerprint density at radius 1 is 0.875 bits per heavy atom. The van der Waals surface area contributed by atoms with Crippen molar-refractivity contribution in [3.63, 3.8) is 0 Å². The third-order valence-corrected chi connectivity index (χ3v) is 9.70. The summed E-state index contributed by atoms with van der Waals surface area (Å²) in [5.41, 5.74) is 8.83. The first kappa shape index (κ1) is 29.4. The molecule has 0 amide bonds. The van der Waals surface area contributed by atoms with Gasteiger partial charge in [-0.1, -0.05) is 42.0 Å². The van der Waals surface area contributed by atoms with Gasteiger partial charge in [0.05, 0.1) is 5.84 Å². The van der Waals surface area contributed by atoms with Crippen molar-refractivity contribution in [3.05, 3.63) is 0 Å². The fourth-order valence-corrected chi connectivity index (χ4v) is 8.14. The molecule has 7 atom stereocenters. The SMILES string of the molecule is C.CC.CC(=N)N.CC1(C)CCC2CCC3C(CCC4(C)C(CCNN)CCC34)C2CC1. The minimum absolute atomic E-state index is 0. The van der Waals surface area contributed by atoms with Crippen LogP contribution in [-0.4, -0.2) is 12.4 Å². The van der Waals surface area contributed by atoms with Gasteiger partial charge in [-0.2, -0.15) is 0 Å². The molecule has 4 fully saturated rings. The Balaban J connectivity index is 0.000000662. The molecule has 0 heterocycles. The number of hydrazine groups is 1. The molecule has 4 rings (SSSR count). The zero-order valence-electron chi connectivity index (χ0n) is 21.6. The van der Waals surface area contributed by atoms with Gasteiger partial charge in [-0.05, 0) is 124 Å². The van der Waals surface area contributed by atoms with E-state index < -0.39 is 0 Å². The van der Waals surface area contributed by atoms with Crippen LogP contribution in [0.2, 0.25) is 0 Å². The number of rotatable bonds is 3. The Bertz CT molecular complexity index is 556. The first-order valence-electron chi connectivity index (χ1n) is 13.4. The fourth-order valence-electron chi connectivity index (χ4n) is 8.14. The lowest BCUT2D eigenvalue weighted by Gasteiger charge is -2.55. The molecule has 0 aliphatic heterocycles. The van der Waals surface area contributed by atoms with Gasteiger partial charge in [0, 0.05) is 6.54 Å². The van der Waals surface area contributed by atoms with Crippen molar-refractivity contribution in [1.82, 2.24) is 5.43 Å². The van der Waals surface area contributed by atoms with Crippen LogP contribution in [0.15, 0.2) is 0 Å². The predicted octanol–water partition coefficient (Wildman–Crippen LogP) is 7.13.